The molecule has 1 aliphatic rings. The van der Waals surface area contributed by atoms with E-state index in [9.17, 15) is 9.59 Å². The average molecular weight is 381 g/mol. The standard InChI is InChI=1S/C19H13BrN2O2/c20-16-9-11-17(12-10-16)22-18(23)15(13-21-19(22)24)8-4-7-14-5-2-1-3-6-14/h1-13H/b7-4+,15-8+. The number of hydrogen-bond acceptors (Lipinski definition) is 2. The molecule has 0 aromatic heterocycles. The van der Waals surface area contributed by atoms with Crippen LogP contribution in [0.3, 0.4) is 0 Å². The number of urea groups is 1. The van der Waals surface area contributed by atoms with E-state index in [0.717, 1.165) is 14.9 Å². The van der Waals surface area contributed by atoms with E-state index in [1.54, 1.807) is 36.4 Å². The second-order valence-corrected chi connectivity index (χ2v) is 5.97. The Morgan fingerprint density at radius 2 is 1.67 bits per heavy atom. The predicted molar refractivity (Wildman–Crippen MR) is 99.1 cm³/mol. The predicted octanol–water partition coefficient (Wildman–Crippen LogP) is 4.63. The van der Waals surface area contributed by atoms with E-state index in [0.29, 0.717) is 11.3 Å². The summed E-state index contributed by atoms with van der Waals surface area (Å²) in [6, 6.07) is 16.1. The van der Waals surface area contributed by atoms with E-state index < -0.39 is 11.9 Å². The normalized spacial score (nSPS) is 16.4. The van der Waals surface area contributed by atoms with Crippen LogP contribution in [0.4, 0.5) is 10.5 Å². The van der Waals surface area contributed by atoms with E-state index >= 15 is 0 Å². The zero-order chi connectivity index (χ0) is 16.9. The number of benzene rings is 2. The molecule has 2 aromatic carbocycles. The number of carbonyl (C=O) groups excluding carboxylic acids is 2. The Balaban J connectivity index is 1.85. The number of rotatable bonds is 3. The lowest BCUT2D eigenvalue weighted by molar-refractivity contribution is -0.114. The van der Waals surface area contributed by atoms with Gasteiger partial charge in [-0.15, -0.1) is 0 Å². The van der Waals surface area contributed by atoms with Crippen molar-refractivity contribution in [2.45, 2.75) is 0 Å². The molecule has 0 bridgehead atoms. The number of aliphatic imine (C=N–C) groups is 1. The van der Waals surface area contributed by atoms with Gasteiger partial charge in [-0.1, -0.05) is 58.4 Å². The Morgan fingerprint density at radius 1 is 0.958 bits per heavy atom. The summed E-state index contributed by atoms with van der Waals surface area (Å²) in [5.74, 6) is -0.393. The van der Waals surface area contributed by atoms with Crippen LogP contribution in [0.25, 0.3) is 6.08 Å². The zero-order valence-corrected chi connectivity index (χ0v) is 14.2. The summed E-state index contributed by atoms with van der Waals surface area (Å²) in [4.78, 5) is 29.4. The summed E-state index contributed by atoms with van der Waals surface area (Å²) in [5, 5.41) is 0. The number of hydrogen-bond donors (Lipinski definition) is 0. The highest BCUT2D eigenvalue weighted by Crippen LogP contribution is 2.22. The number of amides is 3. The third-order valence-corrected chi connectivity index (χ3v) is 3.93. The Kier molecular flexibility index (Phi) is 4.82. The first-order chi connectivity index (χ1) is 11.6. The average Bonchev–Trinajstić information content (AvgIpc) is 2.60. The van der Waals surface area contributed by atoms with Crippen LogP contribution in [-0.4, -0.2) is 18.2 Å². The lowest BCUT2D eigenvalue weighted by atomic mass is 10.1. The quantitative estimate of drug-likeness (QED) is 0.729. The number of nitrogens with zero attached hydrogens (tertiary/aromatic N) is 2. The SMILES string of the molecule is O=C1N=C/C(=C\C=C\c2ccccc2)C(=O)N1c1ccc(Br)cc1. The van der Waals surface area contributed by atoms with Gasteiger partial charge in [-0.2, -0.15) is 0 Å². The molecular formula is C19H13BrN2O2. The molecular weight excluding hydrogens is 368 g/mol. The van der Waals surface area contributed by atoms with Gasteiger partial charge in [0.25, 0.3) is 5.91 Å². The summed E-state index contributed by atoms with van der Waals surface area (Å²) >= 11 is 3.33. The number of halogens is 1. The molecule has 24 heavy (non-hydrogen) atoms. The first-order valence-electron chi connectivity index (χ1n) is 7.26. The molecule has 0 N–H and O–H groups in total. The number of imide groups is 1. The van der Waals surface area contributed by atoms with Gasteiger partial charge in [-0.3, -0.25) is 4.79 Å². The van der Waals surface area contributed by atoms with Gasteiger partial charge in [0, 0.05) is 10.7 Å². The molecule has 0 saturated carbocycles. The van der Waals surface area contributed by atoms with Crippen LogP contribution >= 0.6 is 15.9 Å². The molecule has 3 amide bonds. The van der Waals surface area contributed by atoms with Crippen LogP contribution in [0.5, 0.6) is 0 Å². The van der Waals surface area contributed by atoms with E-state index in [2.05, 4.69) is 20.9 Å². The molecule has 0 saturated heterocycles. The zero-order valence-electron chi connectivity index (χ0n) is 12.6. The molecule has 2 aromatic rings. The van der Waals surface area contributed by atoms with Gasteiger partial charge < -0.3 is 0 Å². The van der Waals surface area contributed by atoms with Gasteiger partial charge in [-0.05, 0) is 35.9 Å². The molecule has 0 unspecified atom stereocenters. The monoisotopic (exact) mass is 380 g/mol. The molecule has 3 rings (SSSR count). The van der Waals surface area contributed by atoms with Crippen molar-refractivity contribution in [3.63, 3.8) is 0 Å². The summed E-state index contributed by atoms with van der Waals surface area (Å²) < 4.78 is 0.869. The summed E-state index contributed by atoms with van der Waals surface area (Å²) in [6.45, 7) is 0. The second-order valence-electron chi connectivity index (χ2n) is 5.05. The van der Waals surface area contributed by atoms with Crippen LogP contribution in [0.1, 0.15) is 5.56 Å². The van der Waals surface area contributed by atoms with Crippen LogP contribution in [0.2, 0.25) is 0 Å². The van der Waals surface area contributed by atoms with Crippen LogP contribution in [0, 0.1) is 0 Å². The van der Waals surface area contributed by atoms with E-state index in [1.165, 1.54) is 6.21 Å². The highest BCUT2D eigenvalue weighted by molar-refractivity contribution is 9.10. The van der Waals surface area contributed by atoms with Crippen molar-refractivity contribution in [3.8, 4) is 0 Å². The smallest absolute Gasteiger partial charge is 0.268 e. The van der Waals surface area contributed by atoms with Crippen molar-refractivity contribution >= 4 is 45.8 Å². The third kappa shape index (κ3) is 3.58. The minimum absolute atomic E-state index is 0.352. The molecule has 0 radical (unpaired) electrons. The number of anilines is 1. The maximum absolute atomic E-state index is 12.6. The second kappa shape index (κ2) is 7.19. The lowest BCUT2D eigenvalue weighted by Gasteiger charge is -2.21. The topological polar surface area (TPSA) is 49.7 Å². The largest absolute Gasteiger partial charge is 0.355 e. The van der Waals surface area contributed by atoms with Gasteiger partial charge in [0.1, 0.15) is 0 Å². The van der Waals surface area contributed by atoms with Crippen molar-refractivity contribution in [1.82, 2.24) is 0 Å². The van der Waals surface area contributed by atoms with Gasteiger partial charge in [0.15, 0.2) is 0 Å². The minimum atomic E-state index is -0.591. The fraction of sp³-hybridized carbons (Fsp3) is 0. The molecule has 0 atom stereocenters. The van der Waals surface area contributed by atoms with Gasteiger partial charge in [0.05, 0.1) is 11.3 Å². The molecule has 0 spiro atoms. The van der Waals surface area contributed by atoms with E-state index in [4.69, 9.17) is 0 Å². The van der Waals surface area contributed by atoms with Crippen molar-refractivity contribution in [2.24, 2.45) is 4.99 Å². The summed E-state index contributed by atoms with van der Waals surface area (Å²) in [5.41, 5.74) is 1.86. The number of carbonyl (C=O) groups is 2. The molecule has 5 heteroatoms. The molecule has 118 valence electrons. The maximum atomic E-state index is 12.6. The Bertz CT molecular complexity index is 853. The van der Waals surface area contributed by atoms with Crippen molar-refractivity contribution in [3.05, 3.63) is 82.4 Å². The van der Waals surface area contributed by atoms with Gasteiger partial charge in [-0.25, -0.2) is 14.7 Å². The van der Waals surface area contributed by atoms with Crippen LogP contribution in [0.15, 0.2) is 81.8 Å². The summed E-state index contributed by atoms with van der Waals surface area (Å²) in [6.07, 6.45) is 6.60. The highest BCUT2D eigenvalue weighted by Gasteiger charge is 2.28. The van der Waals surface area contributed by atoms with Crippen LogP contribution in [-0.2, 0) is 4.79 Å². The Hall–Kier alpha value is -2.79. The molecule has 1 aliphatic heterocycles. The van der Waals surface area contributed by atoms with E-state index in [1.807, 2.05) is 36.4 Å². The maximum Gasteiger partial charge on any atom is 0.355 e. The van der Waals surface area contributed by atoms with Crippen molar-refractivity contribution in [2.75, 3.05) is 4.90 Å². The fourth-order valence-corrected chi connectivity index (χ4v) is 2.48. The number of allylic oxidation sites excluding steroid dienone is 2. The molecule has 0 fully saturated rings. The Morgan fingerprint density at radius 3 is 2.38 bits per heavy atom. The van der Waals surface area contributed by atoms with Gasteiger partial charge >= 0.3 is 6.03 Å². The third-order valence-electron chi connectivity index (χ3n) is 3.40. The van der Waals surface area contributed by atoms with Crippen LogP contribution < -0.4 is 4.90 Å². The molecule has 1 heterocycles. The van der Waals surface area contributed by atoms with Crippen molar-refractivity contribution in [1.29, 1.82) is 0 Å². The molecule has 4 nitrogen and oxygen atoms in total. The van der Waals surface area contributed by atoms with Crippen molar-refractivity contribution < 1.29 is 9.59 Å². The first kappa shape index (κ1) is 16.1. The molecule has 0 aliphatic carbocycles. The minimum Gasteiger partial charge on any atom is -0.268 e. The fourth-order valence-electron chi connectivity index (χ4n) is 2.21. The summed E-state index contributed by atoms with van der Waals surface area (Å²) in [7, 11) is 0. The first-order valence-corrected chi connectivity index (χ1v) is 8.06. The lowest BCUT2D eigenvalue weighted by Crippen LogP contribution is -2.39. The highest BCUT2D eigenvalue weighted by atomic mass is 79.9. The van der Waals surface area contributed by atoms with Gasteiger partial charge in [0.2, 0.25) is 0 Å². The van der Waals surface area contributed by atoms with E-state index in [-0.39, 0.29) is 0 Å². The Labute approximate surface area is 148 Å².